The number of nitrogens with two attached hydrogens (primary N) is 1. The third-order valence-electron chi connectivity index (χ3n) is 3.00. The maximum absolute atomic E-state index is 12.0. The summed E-state index contributed by atoms with van der Waals surface area (Å²) in [7, 11) is 3.99. The molecule has 0 fully saturated rings. The van der Waals surface area contributed by atoms with Crippen LogP contribution in [0.1, 0.15) is 31.4 Å². The number of nitrogens with zero attached hydrogens (tertiary/aromatic N) is 1. The monoisotopic (exact) mass is 263 g/mol. The fourth-order valence-electron chi connectivity index (χ4n) is 2.01. The van der Waals surface area contributed by atoms with E-state index in [-0.39, 0.29) is 11.9 Å². The maximum Gasteiger partial charge on any atom is 0.237 e. The van der Waals surface area contributed by atoms with Gasteiger partial charge < -0.3 is 16.0 Å². The van der Waals surface area contributed by atoms with Gasteiger partial charge in [-0.15, -0.1) is 0 Å². The van der Waals surface area contributed by atoms with E-state index >= 15 is 0 Å². The van der Waals surface area contributed by atoms with Crippen LogP contribution >= 0.6 is 0 Å². The average molecular weight is 263 g/mol. The van der Waals surface area contributed by atoms with Crippen LogP contribution in [0.15, 0.2) is 30.3 Å². The van der Waals surface area contributed by atoms with Crippen LogP contribution in [0.3, 0.4) is 0 Å². The molecule has 0 saturated carbocycles. The molecule has 1 unspecified atom stereocenters. The van der Waals surface area contributed by atoms with Crippen LogP contribution in [0.4, 0.5) is 0 Å². The van der Waals surface area contributed by atoms with Crippen LogP contribution in [-0.2, 0) is 4.79 Å². The van der Waals surface area contributed by atoms with Gasteiger partial charge in [0.25, 0.3) is 0 Å². The van der Waals surface area contributed by atoms with E-state index in [0.29, 0.717) is 0 Å². The lowest BCUT2D eigenvalue weighted by atomic mass is 10.1. The molecule has 1 aromatic carbocycles. The Morgan fingerprint density at radius 2 is 1.95 bits per heavy atom. The minimum absolute atomic E-state index is 0.0217. The van der Waals surface area contributed by atoms with Crippen LogP contribution in [0.2, 0.25) is 0 Å². The molecule has 1 rings (SSSR count). The zero-order chi connectivity index (χ0) is 14.3. The van der Waals surface area contributed by atoms with E-state index in [4.69, 9.17) is 5.73 Å². The molecule has 19 heavy (non-hydrogen) atoms. The Balaban J connectivity index is 2.73. The smallest absolute Gasteiger partial charge is 0.237 e. The highest BCUT2D eigenvalue weighted by Gasteiger charge is 2.19. The van der Waals surface area contributed by atoms with Crippen LogP contribution in [0.25, 0.3) is 0 Å². The van der Waals surface area contributed by atoms with Gasteiger partial charge in [-0.05, 0) is 26.1 Å². The number of carbonyl (C=O) groups is 1. The van der Waals surface area contributed by atoms with Crippen molar-refractivity contribution in [2.75, 3.05) is 20.6 Å². The summed E-state index contributed by atoms with van der Waals surface area (Å²) >= 11 is 0. The van der Waals surface area contributed by atoms with E-state index in [2.05, 4.69) is 10.2 Å². The SMILES string of the molecule is CCC[C@H](N)C(=O)NC(CN(C)C)c1ccccc1. The first-order chi connectivity index (χ1) is 9.04. The highest BCUT2D eigenvalue weighted by molar-refractivity contribution is 5.81. The van der Waals surface area contributed by atoms with E-state index in [0.717, 1.165) is 24.9 Å². The number of likely N-dealkylation sites (N-methyl/N-ethyl adjacent to an activating group) is 1. The number of hydrogen-bond donors (Lipinski definition) is 2. The van der Waals surface area contributed by atoms with Crippen molar-refractivity contribution in [3.8, 4) is 0 Å². The Kier molecular flexibility index (Phi) is 6.53. The van der Waals surface area contributed by atoms with E-state index in [1.165, 1.54) is 0 Å². The van der Waals surface area contributed by atoms with Crippen LogP contribution in [0.5, 0.6) is 0 Å². The van der Waals surface area contributed by atoms with Gasteiger partial charge in [-0.25, -0.2) is 0 Å². The molecule has 106 valence electrons. The summed E-state index contributed by atoms with van der Waals surface area (Å²) < 4.78 is 0. The van der Waals surface area contributed by atoms with E-state index in [9.17, 15) is 4.79 Å². The third-order valence-corrected chi connectivity index (χ3v) is 3.00. The second-order valence-electron chi connectivity index (χ2n) is 5.13. The zero-order valence-electron chi connectivity index (χ0n) is 12.1. The average Bonchev–Trinajstić information content (AvgIpc) is 2.38. The second kappa shape index (κ2) is 7.92. The van der Waals surface area contributed by atoms with Gasteiger partial charge in [-0.2, -0.15) is 0 Å². The maximum atomic E-state index is 12.0. The van der Waals surface area contributed by atoms with Gasteiger partial charge in [0.1, 0.15) is 0 Å². The van der Waals surface area contributed by atoms with Crippen molar-refractivity contribution in [2.24, 2.45) is 5.73 Å². The summed E-state index contributed by atoms with van der Waals surface area (Å²) in [6.45, 7) is 2.79. The largest absolute Gasteiger partial charge is 0.347 e. The van der Waals surface area contributed by atoms with Crippen LogP contribution < -0.4 is 11.1 Å². The molecule has 0 aliphatic heterocycles. The highest BCUT2D eigenvalue weighted by Crippen LogP contribution is 2.13. The summed E-state index contributed by atoms with van der Waals surface area (Å²) in [6.07, 6.45) is 1.63. The summed E-state index contributed by atoms with van der Waals surface area (Å²) in [5.74, 6) is -0.0717. The van der Waals surface area contributed by atoms with Gasteiger partial charge in [0, 0.05) is 6.54 Å². The molecule has 0 spiro atoms. The van der Waals surface area contributed by atoms with Gasteiger partial charge >= 0.3 is 0 Å². The first-order valence-corrected chi connectivity index (χ1v) is 6.80. The lowest BCUT2D eigenvalue weighted by molar-refractivity contribution is -0.123. The van der Waals surface area contributed by atoms with Crippen molar-refractivity contribution in [1.29, 1.82) is 0 Å². The third kappa shape index (κ3) is 5.41. The first kappa shape index (κ1) is 15.7. The first-order valence-electron chi connectivity index (χ1n) is 6.80. The minimum Gasteiger partial charge on any atom is -0.347 e. The van der Waals surface area contributed by atoms with Crippen molar-refractivity contribution < 1.29 is 4.79 Å². The summed E-state index contributed by atoms with van der Waals surface area (Å²) in [5.41, 5.74) is 6.96. The molecular weight excluding hydrogens is 238 g/mol. The molecule has 0 saturated heterocycles. The normalized spacial score (nSPS) is 14.2. The van der Waals surface area contributed by atoms with Gasteiger partial charge in [0.05, 0.1) is 12.1 Å². The Morgan fingerprint density at radius 3 is 2.47 bits per heavy atom. The topological polar surface area (TPSA) is 58.4 Å². The predicted molar refractivity (Wildman–Crippen MR) is 78.8 cm³/mol. The van der Waals surface area contributed by atoms with Gasteiger partial charge in [-0.1, -0.05) is 43.7 Å². The molecule has 0 bridgehead atoms. The van der Waals surface area contributed by atoms with Crippen LogP contribution in [-0.4, -0.2) is 37.5 Å². The van der Waals surface area contributed by atoms with Crippen molar-refractivity contribution in [3.63, 3.8) is 0 Å². The molecule has 0 heterocycles. The molecule has 4 heteroatoms. The Labute approximate surface area is 116 Å². The summed E-state index contributed by atoms with van der Waals surface area (Å²) in [5, 5.41) is 3.04. The van der Waals surface area contributed by atoms with E-state index < -0.39 is 6.04 Å². The van der Waals surface area contributed by atoms with Crippen molar-refractivity contribution in [3.05, 3.63) is 35.9 Å². The molecule has 3 N–H and O–H groups in total. The molecular formula is C15H25N3O. The lowest BCUT2D eigenvalue weighted by Crippen LogP contribution is -2.44. The van der Waals surface area contributed by atoms with Crippen molar-refractivity contribution >= 4 is 5.91 Å². The number of benzene rings is 1. The molecule has 0 radical (unpaired) electrons. The molecule has 0 aliphatic rings. The number of rotatable bonds is 7. The minimum atomic E-state index is -0.418. The summed E-state index contributed by atoms with van der Waals surface area (Å²) in [6, 6.07) is 9.55. The van der Waals surface area contributed by atoms with Gasteiger partial charge in [-0.3, -0.25) is 4.79 Å². The number of amides is 1. The molecule has 4 nitrogen and oxygen atoms in total. The summed E-state index contributed by atoms with van der Waals surface area (Å²) in [4.78, 5) is 14.1. The highest BCUT2D eigenvalue weighted by atomic mass is 16.2. The fraction of sp³-hybridized carbons (Fsp3) is 0.533. The standard InChI is InChI=1S/C15H25N3O/c1-4-8-13(16)15(19)17-14(11-18(2)3)12-9-6-5-7-10-12/h5-7,9-10,13-14H,4,8,11,16H2,1-3H3,(H,17,19)/t13-,14?/m0/s1. The second-order valence-corrected chi connectivity index (χ2v) is 5.13. The van der Waals surface area contributed by atoms with Crippen molar-refractivity contribution in [2.45, 2.75) is 31.8 Å². The predicted octanol–water partition coefficient (Wildman–Crippen LogP) is 1.53. The quantitative estimate of drug-likeness (QED) is 0.784. The fourth-order valence-corrected chi connectivity index (χ4v) is 2.01. The number of hydrogen-bond acceptors (Lipinski definition) is 3. The lowest BCUT2D eigenvalue weighted by Gasteiger charge is -2.24. The Bertz CT molecular complexity index is 378. The van der Waals surface area contributed by atoms with Gasteiger partial charge in [0.2, 0.25) is 5.91 Å². The van der Waals surface area contributed by atoms with Crippen LogP contribution in [0, 0.1) is 0 Å². The zero-order valence-corrected chi connectivity index (χ0v) is 12.1. The molecule has 0 aliphatic carbocycles. The molecule has 0 aromatic heterocycles. The number of nitrogens with one attached hydrogen (secondary N) is 1. The molecule has 2 atom stereocenters. The van der Waals surface area contributed by atoms with E-state index in [1.54, 1.807) is 0 Å². The van der Waals surface area contributed by atoms with Gasteiger partial charge in [0.15, 0.2) is 0 Å². The molecule has 1 amide bonds. The molecule has 1 aromatic rings. The van der Waals surface area contributed by atoms with E-state index in [1.807, 2.05) is 51.4 Å². The Hall–Kier alpha value is -1.39. The number of carbonyl (C=O) groups excluding carboxylic acids is 1. The van der Waals surface area contributed by atoms with Crippen molar-refractivity contribution in [1.82, 2.24) is 10.2 Å². The Morgan fingerprint density at radius 1 is 1.32 bits per heavy atom.